The predicted molar refractivity (Wildman–Crippen MR) is 82.6 cm³/mol. The van der Waals surface area contributed by atoms with Crippen LogP contribution in [0, 0.1) is 0 Å². The van der Waals surface area contributed by atoms with Crippen molar-refractivity contribution in [1.82, 2.24) is 19.5 Å². The number of aromatic nitrogens is 4. The molecule has 0 aliphatic carbocycles. The van der Waals surface area contributed by atoms with Gasteiger partial charge in [-0.25, -0.2) is 14.8 Å². The van der Waals surface area contributed by atoms with Crippen molar-refractivity contribution in [2.75, 3.05) is 0 Å². The first kappa shape index (κ1) is 13.9. The molecule has 1 aromatic carbocycles. The monoisotopic (exact) mass is 294 g/mol. The summed E-state index contributed by atoms with van der Waals surface area (Å²) in [6.45, 7) is 1.89. The number of hydrogen-bond acceptors (Lipinski definition) is 4. The normalized spacial score (nSPS) is 12.0. The van der Waals surface area contributed by atoms with Gasteiger partial charge >= 0.3 is 5.69 Å². The molecule has 0 bridgehead atoms. The number of benzene rings is 1. The minimum atomic E-state index is -0.493. The molecular formula is C16H14N4O2. The molecule has 6 heteroatoms. The highest BCUT2D eigenvalue weighted by Gasteiger charge is 2.14. The van der Waals surface area contributed by atoms with Crippen LogP contribution in [0.25, 0.3) is 11.4 Å². The molecule has 6 nitrogen and oxygen atoms in total. The van der Waals surface area contributed by atoms with Crippen LogP contribution in [0.1, 0.15) is 18.5 Å². The minimum absolute atomic E-state index is 0.215. The molecule has 110 valence electrons. The summed E-state index contributed by atoms with van der Waals surface area (Å²) in [5, 5.41) is 0. The maximum Gasteiger partial charge on any atom is 0.328 e. The molecule has 0 radical (unpaired) electrons. The van der Waals surface area contributed by atoms with E-state index in [2.05, 4.69) is 15.0 Å². The summed E-state index contributed by atoms with van der Waals surface area (Å²) in [6.07, 6.45) is 4.61. The highest BCUT2D eigenvalue weighted by atomic mass is 16.2. The summed E-state index contributed by atoms with van der Waals surface area (Å²) < 4.78 is 1.47. The molecule has 3 aromatic rings. The SMILES string of the molecule is CC(c1ccccc1)n1cc(-c2ncccn2)c(=O)[nH]c1=O. The van der Waals surface area contributed by atoms with E-state index in [4.69, 9.17) is 0 Å². The van der Waals surface area contributed by atoms with E-state index in [0.717, 1.165) is 5.56 Å². The van der Waals surface area contributed by atoms with Crippen molar-refractivity contribution in [2.45, 2.75) is 13.0 Å². The van der Waals surface area contributed by atoms with Gasteiger partial charge in [0.05, 0.1) is 6.04 Å². The molecule has 1 unspecified atom stereocenters. The molecule has 0 aliphatic heterocycles. The van der Waals surface area contributed by atoms with E-state index in [-0.39, 0.29) is 17.4 Å². The van der Waals surface area contributed by atoms with E-state index in [1.165, 1.54) is 10.8 Å². The molecule has 0 fully saturated rings. The second kappa shape index (κ2) is 5.77. The van der Waals surface area contributed by atoms with Crippen LogP contribution in [0.5, 0.6) is 0 Å². The highest BCUT2D eigenvalue weighted by molar-refractivity contribution is 5.51. The van der Waals surface area contributed by atoms with Gasteiger partial charge in [-0.1, -0.05) is 30.3 Å². The first-order valence-electron chi connectivity index (χ1n) is 6.84. The van der Waals surface area contributed by atoms with Gasteiger partial charge in [0.15, 0.2) is 5.82 Å². The first-order valence-corrected chi connectivity index (χ1v) is 6.84. The Balaban J connectivity index is 2.14. The lowest BCUT2D eigenvalue weighted by Gasteiger charge is -2.15. The lowest BCUT2D eigenvalue weighted by molar-refractivity contribution is 0.595. The molecule has 0 saturated heterocycles. The Morgan fingerprint density at radius 1 is 1.05 bits per heavy atom. The summed E-state index contributed by atoms with van der Waals surface area (Å²) in [7, 11) is 0. The van der Waals surface area contributed by atoms with Crippen LogP contribution in [-0.4, -0.2) is 19.5 Å². The summed E-state index contributed by atoms with van der Waals surface area (Å²) in [4.78, 5) is 34.6. The Morgan fingerprint density at radius 3 is 2.41 bits per heavy atom. The number of nitrogens with zero attached hydrogens (tertiary/aromatic N) is 3. The van der Waals surface area contributed by atoms with Gasteiger partial charge in [-0.3, -0.25) is 14.3 Å². The van der Waals surface area contributed by atoms with E-state index in [1.54, 1.807) is 18.5 Å². The van der Waals surface area contributed by atoms with Crippen LogP contribution >= 0.6 is 0 Å². The molecule has 0 spiro atoms. The van der Waals surface area contributed by atoms with Crippen molar-refractivity contribution in [2.24, 2.45) is 0 Å². The molecule has 22 heavy (non-hydrogen) atoms. The van der Waals surface area contributed by atoms with Gasteiger partial charge in [-0.15, -0.1) is 0 Å². The maximum atomic E-state index is 12.1. The Labute approximate surface area is 126 Å². The number of rotatable bonds is 3. The van der Waals surface area contributed by atoms with Gasteiger partial charge in [0.25, 0.3) is 5.56 Å². The lowest BCUT2D eigenvalue weighted by Crippen LogP contribution is -2.32. The molecule has 1 N–H and O–H groups in total. The van der Waals surface area contributed by atoms with Crippen molar-refractivity contribution in [3.63, 3.8) is 0 Å². The van der Waals surface area contributed by atoms with Gasteiger partial charge in [0.2, 0.25) is 0 Å². The second-order valence-corrected chi connectivity index (χ2v) is 4.87. The van der Waals surface area contributed by atoms with E-state index in [0.29, 0.717) is 0 Å². The molecule has 0 amide bonds. The zero-order chi connectivity index (χ0) is 15.5. The van der Waals surface area contributed by atoms with Crippen LogP contribution in [0.3, 0.4) is 0 Å². The average molecular weight is 294 g/mol. The van der Waals surface area contributed by atoms with Crippen molar-refractivity contribution >= 4 is 0 Å². The Morgan fingerprint density at radius 2 is 1.73 bits per heavy atom. The molecule has 0 saturated carbocycles. The fourth-order valence-electron chi connectivity index (χ4n) is 2.26. The van der Waals surface area contributed by atoms with Gasteiger partial charge in [-0.2, -0.15) is 0 Å². The first-order chi connectivity index (χ1) is 10.7. The third kappa shape index (κ3) is 2.58. The second-order valence-electron chi connectivity index (χ2n) is 4.87. The van der Waals surface area contributed by atoms with Crippen molar-refractivity contribution < 1.29 is 0 Å². The number of H-pyrrole nitrogens is 1. The highest BCUT2D eigenvalue weighted by Crippen LogP contribution is 2.16. The van der Waals surface area contributed by atoms with E-state index >= 15 is 0 Å². The third-order valence-electron chi connectivity index (χ3n) is 3.47. The number of nitrogens with one attached hydrogen (secondary N) is 1. The van der Waals surface area contributed by atoms with E-state index in [1.807, 2.05) is 37.3 Å². The topological polar surface area (TPSA) is 80.6 Å². The van der Waals surface area contributed by atoms with Gasteiger partial charge < -0.3 is 0 Å². The molecule has 2 heterocycles. The van der Waals surface area contributed by atoms with Gasteiger partial charge in [0, 0.05) is 18.6 Å². The van der Waals surface area contributed by atoms with Crippen molar-refractivity contribution in [3.8, 4) is 11.4 Å². The minimum Gasteiger partial charge on any atom is -0.293 e. The van der Waals surface area contributed by atoms with E-state index < -0.39 is 11.2 Å². The van der Waals surface area contributed by atoms with Crippen LogP contribution in [-0.2, 0) is 0 Å². The fourth-order valence-corrected chi connectivity index (χ4v) is 2.26. The van der Waals surface area contributed by atoms with Gasteiger partial charge in [-0.05, 0) is 18.6 Å². The van der Waals surface area contributed by atoms with Gasteiger partial charge in [0.1, 0.15) is 5.56 Å². The predicted octanol–water partition coefficient (Wildman–Crippen LogP) is 1.60. The van der Waals surface area contributed by atoms with Crippen LogP contribution < -0.4 is 11.2 Å². The molecule has 3 rings (SSSR count). The Bertz CT molecular complexity index is 885. The number of hydrogen-bond donors (Lipinski definition) is 1. The molecule has 1 atom stereocenters. The summed E-state index contributed by atoms with van der Waals surface area (Å²) in [5.41, 5.74) is 0.285. The maximum absolute atomic E-state index is 12.1. The van der Waals surface area contributed by atoms with E-state index in [9.17, 15) is 9.59 Å². The largest absolute Gasteiger partial charge is 0.328 e. The van der Waals surface area contributed by atoms with Crippen LogP contribution in [0.4, 0.5) is 0 Å². The fraction of sp³-hybridized carbons (Fsp3) is 0.125. The lowest BCUT2D eigenvalue weighted by atomic mass is 10.1. The summed E-state index contributed by atoms with van der Waals surface area (Å²) >= 11 is 0. The smallest absolute Gasteiger partial charge is 0.293 e. The Kier molecular flexibility index (Phi) is 3.65. The number of aromatic amines is 1. The van der Waals surface area contributed by atoms with Crippen LogP contribution in [0.15, 0.2) is 64.6 Å². The quantitative estimate of drug-likeness (QED) is 0.795. The summed E-state index contributed by atoms with van der Waals surface area (Å²) in [6, 6.07) is 11.0. The third-order valence-corrected chi connectivity index (χ3v) is 3.47. The standard InChI is InChI=1S/C16H14N4O2/c1-11(12-6-3-2-4-7-12)20-10-13(15(21)19-16(20)22)14-17-8-5-9-18-14/h2-11H,1H3,(H,19,21,22). The zero-order valence-corrected chi connectivity index (χ0v) is 11.9. The molecular weight excluding hydrogens is 280 g/mol. The zero-order valence-electron chi connectivity index (χ0n) is 11.9. The van der Waals surface area contributed by atoms with Crippen LogP contribution in [0.2, 0.25) is 0 Å². The van der Waals surface area contributed by atoms with Crippen molar-refractivity contribution in [1.29, 1.82) is 0 Å². The molecule has 0 aliphatic rings. The molecule has 2 aromatic heterocycles. The summed E-state index contributed by atoms with van der Waals surface area (Å²) in [5.74, 6) is 0.290. The Hall–Kier alpha value is -3.02. The van der Waals surface area contributed by atoms with Crippen molar-refractivity contribution in [3.05, 3.63) is 81.4 Å². The average Bonchev–Trinajstić information content (AvgIpc) is 2.56.